The minimum Gasteiger partial charge on any atom is -0.361 e. The molecule has 0 atom stereocenters. The van der Waals surface area contributed by atoms with Crippen molar-refractivity contribution < 1.29 is 9.32 Å². The van der Waals surface area contributed by atoms with Gasteiger partial charge in [0.05, 0.1) is 24.2 Å². The lowest BCUT2D eigenvalue weighted by atomic mass is 9.85. The van der Waals surface area contributed by atoms with Gasteiger partial charge in [-0.3, -0.25) is 9.89 Å². The second kappa shape index (κ2) is 7.63. The molecule has 6 nitrogen and oxygen atoms in total. The van der Waals surface area contributed by atoms with Gasteiger partial charge in [0, 0.05) is 24.2 Å². The number of fused-ring (bicyclic) bond motifs is 1. The zero-order valence-corrected chi connectivity index (χ0v) is 16.7. The van der Waals surface area contributed by atoms with Gasteiger partial charge in [-0.15, -0.1) is 0 Å². The highest BCUT2D eigenvalue weighted by Gasteiger charge is 2.32. The second-order valence-electron chi connectivity index (χ2n) is 7.61. The Bertz CT molecular complexity index is 1120. The lowest BCUT2D eigenvalue weighted by Crippen LogP contribution is -2.36. The summed E-state index contributed by atoms with van der Waals surface area (Å²) in [6, 6.07) is 20.6. The summed E-state index contributed by atoms with van der Waals surface area (Å²) in [4.78, 5) is 14.9. The summed E-state index contributed by atoms with van der Waals surface area (Å²) in [6.07, 6.45) is 2.25. The third-order valence-corrected chi connectivity index (χ3v) is 5.74. The molecule has 3 heterocycles. The van der Waals surface area contributed by atoms with Crippen molar-refractivity contribution in [2.45, 2.75) is 25.8 Å². The highest BCUT2D eigenvalue weighted by Crippen LogP contribution is 2.36. The third kappa shape index (κ3) is 3.20. The van der Waals surface area contributed by atoms with E-state index in [1.165, 1.54) is 0 Å². The monoisotopic (exact) mass is 398 g/mol. The van der Waals surface area contributed by atoms with Crippen LogP contribution in [0, 0.1) is 6.92 Å². The van der Waals surface area contributed by atoms with Crippen molar-refractivity contribution in [2.75, 3.05) is 6.54 Å². The predicted molar refractivity (Wildman–Crippen MR) is 112 cm³/mol. The van der Waals surface area contributed by atoms with Crippen LogP contribution < -0.4 is 0 Å². The van der Waals surface area contributed by atoms with E-state index in [9.17, 15) is 4.79 Å². The van der Waals surface area contributed by atoms with Crippen molar-refractivity contribution >= 4 is 5.91 Å². The Hall–Kier alpha value is -3.67. The largest absolute Gasteiger partial charge is 0.361 e. The normalized spacial score (nSPS) is 13.5. The SMILES string of the molecule is Cc1[nH]ncc1C(=O)N1CCc2onc(C(c3ccccc3)c3ccccc3)c2C1. The van der Waals surface area contributed by atoms with Crippen LogP contribution in [-0.2, 0) is 13.0 Å². The van der Waals surface area contributed by atoms with Crippen molar-refractivity contribution in [1.82, 2.24) is 20.3 Å². The van der Waals surface area contributed by atoms with Crippen LogP contribution in [0.4, 0.5) is 0 Å². The summed E-state index contributed by atoms with van der Waals surface area (Å²) in [7, 11) is 0. The number of hydrogen-bond donors (Lipinski definition) is 1. The van der Waals surface area contributed by atoms with E-state index in [0.29, 0.717) is 25.1 Å². The lowest BCUT2D eigenvalue weighted by Gasteiger charge is -2.27. The number of hydrogen-bond acceptors (Lipinski definition) is 4. The number of nitrogens with zero attached hydrogens (tertiary/aromatic N) is 3. The number of H-pyrrole nitrogens is 1. The van der Waals surface area contributed by atoms with Crippen molar-refractivity contribution in [3.05, 3.63) is 106 Å². The predicted octanol–water partition coefficient (Wildman–Crippen LogP) is 4.08. The molecule has 1 amide bonds. The maximum absolute atomic E-state index is 13.0. The summed E-state index contributed by atoms with van der Waals surface area (Å²) in [6.45, 7) is 2.95. The number of benzene rings is 2. The zero-order valence-electron chi connectivity index (χ0n) is 16.7. The van der Waals surface area contributed by atoms with Crippen LogP contribution in [0.1, 0.15) is 50.1 Å². The molecule has 1 aliphatic heterocycles. The van der Waals surface area contributed by atoms with Crippen LogP contribution >= 0.6 is 0 Å². The van der Waals surface area contributed by atoms with Gasteiger partial charge in [-0.1, -0.05) is 65.8 Å². The van der Waals surface area contributed by atoms with Gasteiger partial charge in [0.1, 0.15) is 11.5 Å². The summed E-state index contributed by atoms with van der Waals surface area (Å²) >= 11 is 0. The molecule has 0 saturated heterocycles. The van der Waals surface area contributed by atoms with E-state index < -0.39 is 0 Å². The molecule has 0 spiro atoms. The number of carbonyl (C=O) groups excluding carboxylic acids is 1. The van der Waals surface area contributed by atoms with Gasteiger partial charge in [-0.2, -0.15) is 5.10 Å². The third-order valence-electron chi connectivity index (χ3n) is 5.74. The molecule has 1 N–H and O–H groups in total. The Kier molecular flexibility index (Phi) is 4.67. The van der Waals surface area contributed by atoms with Gasteiger partial charge < -0.3 is 9.42 Å². The highest BCUT2D eigenvalue weighted by atomic mass is 16.5. The topological polar surface area (TPSA) is 75.0 Å². The number of aromatic amines is 1. The molecule has 5 rings (SSSR count). The number of aryl methyl sites for hydroxylation is 1. The molecule has 0 fully saturated rings. The van der Waals surface area contributed by atoms with Gasteiger partial charge in [0.15, 0.2) is 0 Å². The number of aromatic nitrogens is 3. The standard InChI is InChI=1S/C24H22N4O2/c1-16-19(14-25-26-16)24(29)28-13-12-21-20(15-28)23(27-30-21)22(17-8-4-2-5-9-17)18-10-6-3-7-11-18/h2-11,14,22H,12-13,15H2,1H3,(H,25,26). The fraction of sp³-hybridized carbons (Fsp3) is 0.208. The van der Waals surface area contributed by atoms with E-state index >= 15 is 0 Å². The van der Waals surface area contributed by atoms with Crippen molar-refractivity contribution in [3.8, 4) is 0 Å². The summed E-state index contributed by atoms with van der Waals surface area (Å²) in [5.41, 5.74) is 5.57. The van der Waals surface area contributed by atoms with Crippen molar-refractivity contribution in [2.24, 2.45) is 0 Å². The molecule has 0 aliphatic carbocycles. The van der Waals surface area contributed by atoms with Gasteiger partial charge in [0.25, 0.3) is 5.91 Å². The highest BCUT2D eigenvalue weighted by molar-refractivity contribution is 5.95. The Morgan fingerprint density at radius 2 is 1.73 bits per heavy atom. The van der Waals surface area contributed by atoms with E-state index in [-0.39, 0.29) is 11.8 Å². The van der Waals surface area contributed by atoms with Crippen LogP contribution in [0.3, 0.4) is 0 Å². The van der Waals surface area contributed by atoms with E-state index in [1.54, 1.807) is 6.20 Å². The number of carbonyl (C=O) groups is 1. The fourth-order valence-corrected chi connectivity index (χ4v) is 4.17. The van der Waals surface area contributed by atoms with Crippen molar-refractivity contribution in [3.63, 3.8) is 0 Å². The van der Waals surface area contributed by atoms with E-state index in [2.05, 4.69) is 39.6 Å². The van der Waals surface area contributed by atoms with Crippen LogP contribution in [0.15, 0.2) is 71.4 Å². The zero-order chi connectivity index (χ0) is 20.5. The minimum atomic E-state index is -0.0504. The first-order valence-corrected chi connectivity index (χ1v) is 10.1. The molecule has 0 saturated carbocycles. The average molecular weight is 398 g/mol. The quantitative estimate of drug-likeness (QED) is 0.562. The molecule has 0 bridgehead atoms. The van der Waals surface area contributed by atoms with Crippen LogP contribution in [0.25, 0.3) is 0 Å². The van der Waals surface area contributed by atoms with Gasteiger partial charge in [0.2, 0.25) is 0 Å². The number of amides is 1. The number of rotatable bonds is 4. The molecule has 2 aromatic heterocycles. The molecule has 1 aliphatic rings. The van der Waals surface area contributed by atoms with E-state index in [4.69, 9.17) is 4.52 Å². The maximum atomic E-state index is 13.0. The van der Waals surface area contributed by atoms with Gasteiger partial charge in [-0.25, -0.2) is 0 Å². The molecular formula is C24H22N4O2. The van der Waals surface area contributed by atoms with Crippen molar-refractivity contribution in [1.29, 1.82) is 0 Å². The first-order chi connectivity index (χ1) is 14.7. The Labute approximate surface area is 174 Å². The fourth-order valence-electron chi connectivity index (χ4n) is 4.17. The van der Waals surface area contributed by atoms with E-state index in [0.717, 1.165) is 33.8 Å². The van der Waals surface area contributed by atoms with Crippen LogP contribution in [0.2, 0.25) is 0 Å². The average Bonchev–Trinajstić information content (AvgIpc) is 3.41. The summed E-state index contributed by atoms with van der Waals surface area (Å²) in [5, 5.41) is 11.3. The molecule has 6 heteroatoms. The summed E-state index contributed by atoms with van der Waals surface area (Å²) in [5.74, 6) is 0.801. The van der Waals surface area contributed by atoms with Crippen LogP contribution in [-0.4, -0.2) is 32.7 Å². The smallest absolute Gasteiger partial charge is 0.257 e. The summed E-state index contributed by atoms with van der Waals surface area (Å²) < 4.78 is 5.75. The molecule has 30 heavy (non-hydrogen) atoms. The molecule has 0 unspecified atom stereocenters. The van der Waals surface area contributed by atoms with Gasteiger partial charge >= 0.3 is 0 Å². The molecule has 0 radical (unpaired) electrons. The first-order valence-electron chi connectivity index (χ1n) is 10.1. The van der Waals surface area contributed by atoms with Crippen LogP contribution in [0.5, 0.6) is 0 Å². The van der Waals surface area contributed by atoms with Gasteiger partial charge in [-0.05, 0) is 18.1 Å². The second-order valence-corrected chi connectivity index (χ2v) is 7.61. The Morgan fingerprint density at radius 3 is 2.33 bits per heavy atom. The molecule has 150 valence electrons. The Morgan fingerprint density at radius 1 is 1.07 bits per heavy atom. The van der Waals surface area contributed by atoms with E-state index in [1.807, 2.05) is 48.2 Å². The first kappa shape index (κ1) is 18.4. The lowest BCUT2D eigenvalue weighted by molar-refractivity contribution is 0.0728. The minimum absolute atomic E-state index is 0.0185. The molecule has 4 aromatic rings. The Balaban J connectivity index is 1.54. The maximum Gasteiger partial charge on any atom is 0.257 e. The molecular weight excluding hydrogens is 376 g/mol. The number of nitrogens with one attached hydrogen (secondary N) is 1. The molecule has 2 aromatic carbocycles.